The minimum Gasteiger partial charge on any atom is -0.353 e. The van der Waals surface area contributed by atoms with Gasteiger partial charge in [-0.1, -0.05) is 42.5 Å². The summed E-state index contributed by atoms with van der Waals surface area (Å²) in [6.45, 7) is 2.04. The van der Waals surface area contributed by atoms with Crippen LogP contribution in [0.1, 0.15) is 60.3 Å². The van der Waals surface area contributed by atoms with Gasteiger partial charge in [-0.3, -0.25) is 9.69 Å². The lowest BCUT2D eigenvalue weighted by Crippen LogP contribution is -2.39. The maximum absolute atomic E-state index is 13.5. The molecule has 0 radical (unpaired) electrons. The minimum atomic E-state index is -4.36. The van der Waals surface area contributed by atoms with Crippen molar-refractivity contribution in [2.75, 3.05) is 13.1 Å². The average molecular weight is 557 g/mol. The summed E-state index contributed by atoms with van der Waals surface area (Å²) in [5.74, 6) is -0.0197. The van der Waals surface area contributed by atoms with Crippen molar-refractivity contribution in [1.29, 1.82) is 0 Å². The molecule has 1 N–H and O–H groups in total. The number of nitrogens with zero attached hydrogens (tertiary/aromatic N) is 1. The van der Waals surface area contributed by atoms with Gasteiger partial charge in [0.15, 0.2) is 0 Å². The Kier molecular flexibility index (Phi) is 8.54. The van der Waals surface area contributed by atoms with Gasteiger partial charge in [-0.15, -0.1) is 0 Å². The number of likely N-dealkylation sites (tertiary alicyclic amines) is 1. The average Bonchev–Trinajstić information content (AvgIpc) is 3.48. The van der Waals surface area contributed by atoms with E-state index in [2.05, 4.69) is 10.2 Å². The van der Waals surface area contributed by atoms with Crippen LogP contribution < -0.4 is 5.32 Å². The van der Waals surface area contributed by atoms with Crippen LogP contribution in [0.3, 0.4) is 0 Å². The third-order valence-electron chi connectivity index (χ3n) is 8.38. The molecule has 8 heteroatoms. The first kappa shape index (κ1) is 28.3. The second-order valence-corrected chi connectivity index (χ2v) is 11.1. The lowest BCUT2D eigenvalue weighted by molar-refractivity contribution is -0.137. The number of amides is 1. The zero-order valence-corrected chi connectivity index (χ0v) is 22.1. The van der Waals surface area contributed by atoms with E-state index in [1.807, 2.05) is 0 Å². The highest BCUT2D eigenvalue weighted by molar-refractivity contribution is 5.76. The summed E-state index contributed by atoms with van der Waals surface area (Å²) >= 11 is 0. The molecule has 2 aliphatic rings. The molecule has 1 saturated heterocycles. The van der Waals surface area contributed by atoms with Crippen LogP contribution in [0.15, 0.2) is 72.8 Å². The molecule has 3 aromatic carbocycles. The maximum Gasteiger partial charge on any atom is 0.416 e. The third-order valence-corrected chi connectivity index (χ3v) is 8.38. The van der Waals surface area contributed by atoms with Crippen LogP contribution in [0.25, 0.3) is 0 Å². The van der Waals surface area contributed by atoms with Crippen molar-refractivity contribution < 1.29 is 26.7 Å². The zero-order chi connectivity index (χ0) is 28.3. The Bertz CT molecular complexity index is 1250. The van der Waals surface area contributed by atoms with Crippen LogP contribution in [0.5, 0.6) is 0 Å². The van der Waals surface area contributed by atoms with Crippen molar-refractivity contribution in [1.82, 2.24) is 10.2 Å². The third kappa shape index (κ3) is 6.89. The summed E-state index contributed by atoms with van der Waals surface area (Å²) in [6.07, 6.45) is -0.830. The Balaban J connectivity index is 1.14. The summed E-state index contributed by atoms with van der Waals surface area (Å²) in [5.41, 5.74) is 1.85. The first-order valence-electron chi connectivity index (χ1n) is 13.8. The number of benzene rings is 3. The zero-order valence-electron chi connectivity index (χ0n) is 22.1. The number of carbonyl (C=O) groups is 1. The van der Waals surface area contributed by atoms with E-state index in [-0.39, 0.29) is 29.5 Å². The highest BCUT2D eigenvalue weighted by atomic mass is 19.4. The molecule has 0 spiro atoms. The quantitative estimate of drug-likeness (QED) is 0.280. The van der Waals surface area contributed by atoms with Crippen LogP contribution in [0.2, 0.25) is 0 Å². The predicted octanol–water partition coefficient (Wildman–Crippen LogP) is 7.31. The summed E-state index contributed by atoms with van der Waals surface area (Å²) in [7, 11) is 0. The molecule has 5 rings (SSSR count). The Labute approximate surface area is 231 Å². The van der Waals surface area contributed by atoms with Crippen LogP contribution in [-0.4, -0.2) is 29.9 Å². The first-order chi connectivity index (χ1) is 19.2. The molecule has 0 unspecified atom stereocenters. The molecule has 1 aliphatic heterocycles. The van der Waals surface area contributed by atoms with Crippen LogP contribution >= 0.6 is 0 Å². The smallest absolute Gasteiger partial charge is 0.353 e. The van der Waals surface area contributed by atoms with Crippen LogP contribution in [0, 0.1) is 23.5 Å². The van der Waals surface area contributed by atoms with Gasteiger partial charge in [0.05, 0.1) is 5.56 Å². The van der Waals surface area contributed by atoms with Gasteiger partial charge >= 0.3 is 6.18 Å². The second kappa shape index (κ2) is 12.1. The number of hydrogen-bond donors (Lipinski definition) is 1. The van der Waals surface area contributed by atoms with E-state index < -0.39 is 11.7 Å². The van der Waals surface area contributed by atoms with Gasteiger partial charge in [0.2, 0.25) is 5.91 Å². The fourth-order valence-corrected chi connectivity index (χ4v) is 6.43. The van der Waals surface area contributed by atoms with E-state index in [0.717, 1.165) is 43.1 Å². The summed E-state index contributed by atoms with van der Waals surface area (Å²) in [6, 6.07) is 18.1. The predicted molar refractivity (Wildman–Crippen MR) is 143 cm³/mol. The minimum absolute atomic E-state index is 0.0149. The van der Waals surface area contributed by atoms with E-state index in [0.29, 0.717) is 43.2 Å². The monoisotopic (exact) mass is 556 g/mol. The van der Waals surface area contributed by atoms with E-state index in [4.69, 9.17) is 0 Å². The number of halogens is 5. The summed E-state index contributed by atoms with van der Waals surface area (Å²) in [5, 5.41) is 3.22. The largest absolute Gasteiger partial charge is 0.416 e. The van der Waals surface area contributed by atoms with Crippen molar-refractivity contribution in [3.05, 3.63) is 107 Å². The van der Waals surface area contributed by atoms with E-state index in [1.54, 1.807) is 30.3 Å². The van der Waals surface area contributed by atoms with Gasteiger partial charge < -0.3 is 5.32 Å². The van der Waals surface area contributed by atoms with Crippen molar-refractivity contribution >= 4 is 5.91 Å². The fraction of sp³-hybridized carbons (Fsp3) is 0.406. The van der Waals surface area contributed by atoms with Gasteiger partial charge in [0, 0.05) is 38.0 Å². The van der Waals surface area contributed by atoms with E-state index in [9.17, 15) is 26.7 Å². The highest BCUT2D eigenvalue weighted by Gasteiger charge is 2.43. The lowest BCUT2D eigenvalue weighted by Gasteiger charge is -2.22. The SMILES string of the molecule is O=C(CCCC(c1ccc(F)cc1)c1ccc(F)cc1)N[C@H]1CC[C@H]2CN(Cc3cccc(C(F)(F)F)c3)C[C@H]21. The molecule has 0 aromatic heterocycles. The molecule has 3 atom stereocenters. The Hall–Kier alpha value is -3.26. The van der Waals surface area contributed by atoms with Crippen molar-refractivity contribution in [2.45, 2.75) is 56.8 Å². The van der Waals surface area contributed by atoms with Gasteiger partial charge in [-0.25, -0.2) is 8.78 Å². The van der Waals surface area contributed by atoms with Gasteiger partial charge in [-0.2, -0.15) is 13.2 Å². The van der Waals surface area contributed by atoms with Gasteiger partial charge in [0.25, 0.3) is 0 Å². The van der Waals surface area contributed by atoms with Crippen LogP contribution in [-0.2, 0) is 17.5 Å². The normalized spacial score (nSPS) is 21.1. The molecule has 3 nitrogen and oxygen atoms in total. The summed E-state index contributed by atoms with van der Waals surface area (Å²) < 4.78 is 66.3. The number of rotatable bonds is 9. The molecule has 40 heavy (non-hydrogen) atoms. The Morgan fingerprint density at radius 1 is 0.900 bits per heavy atom. The molecule has 1 saturated carbocycles. The molecular weight excluding hydrogens is 523 g/mol. The molecule has 0 bridgehead atoms. The lowest BCUT2D eigenvalue weighted by atomic mass is 9.87. The summed E-state index contributed by atoms with van der Waals surface area (Å²) in [4.78, 5) is 15.1. The van der Waals surface area contributed by atoms with E-state index >= 15 is 0 Å². The molecule has 1 aliphatic carbocycles. The molecule has 3 aromatic rings. The van der Waals surface area contributed by atoms with Gasteiger partial charge in [-0.05, 0) is 84.5 Å². The number of fused-ring (bicyclic) bond motifs is 1. The first-order valence-corrected chi connectivity index (χ1v) is 13.8. The number of alkyl halides is 3. The standard InChI is InChI=1S/C32H33F5N2O/c33-26-12-7-22(8-13-26)28(23-9-14-27(34)15-10-23)5-2-6-31(40)38-30-16-11-24-19-39(20-29(24)30)18-21-3-1-4-25(17-21)32(35,36)37/h1,3-4,7-10,12-15,17,24,28-30H,2,5-6,11,16,18-20H2,(H,38,40)/t24-,29+,30-/m0/s1. The molecule has 1 heterocycles. The topological polar surface area (TPSA) is 32.3 Å². The molecule has 212 valence electrons. The van der Waals surface area contributed by atoms with E-state index in [1.165, 1.54) is 36.4 Å². The van der Waals surface area contributed by atoms with Crippen LogP contribution in [0.4, 0.5) is 22.0 Å². The molecular formula is C32H33F5N2O. The number of nitrogens with one attached hydrogen (secondary N) is 1. The maximum atomic E-state index is 13.5. The molecule has 1 amide bonds. The fourth-order valence-electron chi connectivity index (χ4n) is 6.43. The number of carbonyl (C=O) groups excluding carboxylic acids is 1. The second-order valence-electron chi connectivity index (χ2n) is 11.1. The Morgan fingerprint density at radius 3 is 2.17 bits per heavy atom. The van der Waals surface area contributed by atoms with Gasteiger partial charge in [0.1, 0.15) is 11.6 Å². The van der Waals surface area contributed by atoms with Crippen molar-refractivity contribution in [3.8, 4) is 0 Å². The highest BCUT2D eigenvalue weighted by Crippen LogP contribution is 2.39. The number of hydrogen-bond acceptors (Lipinski definition) is 2. The van der Waals surface area contributed by atoms with Crippen molar-refractivity contribution in [2.24, 2.45) is 11.8 Å². The van der Waals surface area contributed by atoms with Crippen molar-refractivity contribution in [3.63, 3.8) is 0 Å². The Morgan fingerprint density at radius 2 is 1.55 bits per heavy atom. The molecule has 2 fully saturated rings.